The van der Waals surface area contributed by atoms with Crippen molar-refractivity contribution in [2.24, 2.45) is 0 Å². The van der Waals surface area contributed by atoms with E-state index in [2.05, 4.69) is 4.98 Å². The predicted octanol–water partition coefficient (Wildman–Crippen LogP) is 2.59. The van der Waals surface area contributed by atoms with Gasteiger partial charge in [0, 0.05) is 17.8 Å². The first-order chi connectivity index (χ1) is 5.88. The minimum Gasteiger partial charge on any atom is -0.247 e. The van der Waals surface area contributed by atoms with E-state index in [-0.39, 0.29) is 17.2 Å². The molecule has 4 heteroatoms. The highest BCUT2D eigenvalue weighted by molar-refractivity contribution is 7.94. The number of rotatable bonds is 2. The van der Waals surface area contributed by atoms with Crippen molar-refractivity contribution in [1.29, 1.82) is 5.26 Å². The summed E-state index contributed by atoms with van der Waals surface area (Å²) in [5.74, 6) is 0. The van der Waals surface area contributed by atoms with E-state index in [1.165, 1.54) is 18.3 Å². The number of allylic oxidation sites excluding steroid dienone is 1. The van der Waals surface area contributed by atoms with Crippen LogP contribution in [0.2, 0.25) is 0 Å². The molecular weight excluding hydrogens is 175 g/mol. The Hall–Kier alpha value is -1.34. The van der Waals surface area contributed by atoms with Gasteiger partial charge in [-0.3, -0.25) is 0 Å². The van der Waals surface area contributed by atoms with Crippen molar-refractivity contribution in [1.82, 2.24) is 4.98 Å². The lowest BCUT2D eigenvalue weighted by atomic mass is 10.3. The topological polar surface area (TPSA) is 36.7 Å². The Balaban J connectivity index is 2.99. The highest BCUT2D eigenvalue weighted by Gasteiger charge is 1.99. The fourth-order valence-electron chi connectivity index (χ4n) is 0.722. The summed E-state index contributed by atoms with van der Waals surface area (Å²) >= 11 is 0.0741. The molecule has 0 fully saturated rings. The molecule has 0 unspecified atom stereocenters. The highest BCUT2D eigenvalue weighted by atomic mass is 32.2. The Labute approximate surface area is 74.0 Å². The first-order valence-corrected chi connectivity index (χ1v) is 3.90. The maximum atomic E-state index is 12.2. The van der Waals surface area contributed by atoms with Gasteiger partial charge in [-0.15, -0.1) is 0 Å². The predicted molar refractivity (Wildman–Crippen MR) is 45.8 cm³/mol. The Bertz CT molecular complexity index is 330. The first-order valence-electron chi connectivity index (χ1n) is 3.18. The highest BCUT2D eigenvalue weighted by Crippen LogP contribution is 2.21. The molecule has 60 valence electrons. The molecule has 0 aliphatic carbocycles. The monoisotopic (exact) mass is 180 g/mol. The van der Waals surface area contributed by atoms with E-state index in [0.717, 1.165) is 0 Å². The zero-order valence-electron chi connectivity index (χ0n) is 6.07. The third-order valence-corrected chi connectivity index (χ3v) is 1.70. The molecule has 1 heterocycles. The fraction of sp³-hybridized carbons (Fsp3) is 0. The van der Waals surface area contributed by atoms with E-state index in [9.17, 15) is 3.89 Å². The molecule has 0 aliphatic heterocycles. The maximum Gasteiger partial charge on any atom is 0.136 e. The molecule has 0 atom stereocenters. The van der Waals surface area contributed by atoms with Crippen LogP contribution < -0.4 is 0 Å². The third-order valence-electron chi connectivity index (χ3n) is 1.21. The van der Waals surface area contributed by atoms with Gasteiger partial charge < -0.3 is 0 Å². The second-order valence-corrected chi connectivity index (χ2v) is 2.48. The Morgan fingerprint density at radius 2 is 2.50 bits per heavy atom. The number of pyridine rings is 1. The van der Waals surface area contributed by atoms with E-state index in [1.807, 2.05) is 6.07 Å². The van der Waals surface area contributed by atoms with Crippen LogP contribution in [0.1, 0.15) is 5.56 Å². The molecule has 1 aromatic rings. The second kappa shape index (κ2) is 4.52. The van der Waals surface area contributed by atoms with Gasteiger partial charge in [0.15, 0.2) is 0 Å². The first kappa shape index (κ1) is 8.75. The van der Waals surface area contributed by atoms with Gasteiger partial charge in [-0.2, -0.15) is 9.15 Å². The van der Waals surface area contributed by atoms with Crippen LogP contribution in [0.4, 0.5) is 3.89 Å². The van der Waals surface area contributed by atoms with E-state index < -0.39 is 0 Å². The van der Waals surface area contributed by atoms with Gasteiger partial charge in [0.2, 0.25) is 0 Å². The van der Waals surface area contributed by atoms with Gasteiger partial charge in [0.25, 0.3) is 0 Å². The van der Waals surface area contributed by atoms with Crippen LogP contribution in [-0.4, -0.2) is 4.98 Å². The number of nitriles is 1. The van der Waals surface area contributed by atoms with Crippen molar-refractivity contribution < 1.29 is 3.89 Å². The Morgan fingerprint density at radius 3 is 3.17 bits per heavy atom. The quantitative estimate of drug-likeness (QED) is 0.656. The van der Waals surface area contributed by atoms with E-state index in [0.29, 0.717) is 5.56 Å². The molecule has 12 heavy (non-hydrogen) atoms. The molecule has 2 nitrogen and oxygen atoms in total. The summed E-state index contributed by atoms with van der Waals surface area (Å²) in [7, 11) is 0. The summed E-state index contributed by atoms with van der Waals surface area (Å²) < 4.78 is 12.2. The summed E-state index contributed by atoms with van der Waals surface area (Å²) in [5.41, 5.74) is 0.617. The summed E-state index contributed by atoms with van der Waals surface area (Å²) in [6.45, 7) is 0. The van der Waals surface area contributed by atoms with Crippen LogP contribution in [0.5, 0.6) is 0 Å². The summed E-state index contributed by atoms with van der Waals surface area (Å²) in [6, 6.07) is 5.22. The fourth-order valence-corrected chi connectivity index (χ4v) is 1.05. The lowest BCUT2D eigenvalue weighted by Gasteiger charge is -1.95. The van der Waals surface area contributed by atoms with Crippen LogP contribution in [0, 0.1) is 11.3 Å². The molecule has 0 aliphatic rings. The van der Waals surface area contributed by atoms with Crippen LogP contribution in [-0.2, 0) is 0 Å². The zero-order valence-corrected chi connectivity index (χ0v) is 6.88. The van der Waals surface area contributed by atoms with Crippen molar-refractivity contribution in [3.63, 3.8) is 0 Å². The van der Waals surface area contributed by atoms with Crippen molar-refractivity contribution in [3.8, 4) is 6.07 Å². The standard InChI is InChI=1S/C8H5FN2S/c9-12-8-7(3-1-5-10)4-2-6-11-8/h1-4,6H/b3-1+. The average molecular weight is 180 g/mol. The second-order valence-electron chi connectivity index (χ2n) is 1.94. The van der Waals surface area contributed by atoms with Crippen LogP contribution in [0.3, 0.4) is 0 Å². The summed E-state index contributed by atoms with van der Waals surface area (Å²) in [6.07, 6.45) is 4.32. The molecule has 1 rings (SSSR count). The Kier molecular flexibility index (Phi) is 3.30. The average Bonchev–Trinajstić information content (AvgIpc) is 2.15. The molecule has 0 spiro atoms. The zero-order chi connectivity index (χ0) is 8.81. The smallest absolute Gasteiger partial charge is 0.136 e. The van der Waals surface area contributed by atoms with Crippen molar-refractivity contribution in [3.05, 3.63) is 30.0 Å². The molecule has 0 amide bonds. The van der Waals surface area contributed by atoms with Gasteiger partial charge >= 0.3 is 0 Å². The summed E-state index contributed by atoms with van der Waals surface area (Å²) in [4.78, 5) is 3.78. The number of hydrogen-bond donors (Lipinski definition) is 0. The van der Waals surface area contributed by atoms with Crippen LogP contribution >= 0.6 is 12.1 Å². The van der Waals surface area contributed by atoms with Gasteiger partial charge in [0.1, 0.15) is 17.2 Å². The number of halogens is 1. The lowest BCUT2D eigenvalue weighted by molar-refractivity contribution is 0.918. The number of hydrogen-bond acceptors (Lipinski definition) is 3. The van der Waals surface area contributed by atoms with Crippen molar-refractivity contribution in [2.45, 2.75) is 5.03 Å². The van der Waals surface area contributed by atoms with Gasteiger partial charge in [-0.1, -0.05) is 6.07 Å². The van der Waals surface area contributed by atoms with Gasteiger partial charge in [-0.05, 0) is 12.1 Å². The molecule has 0 saturated heterocycles. The van der Waals surface area contributed by atoms with E-state index in [1.54, 1.807) is 12.1 Å². The van der Waals surface area contributed by atoms with Crippen LogP contribution in [0.25, 0.3) is 6.08 Å². The van der Waals surface area contributed by atoms with Gasteiger partial charge in [0.05, 0.1) is 6.07 Å². The maximum absolute atomic E-state index is 12.2. The largest absolute Gasteiger partial charge is 0.247 e. The molecule has 0 radical (unpaired) electrons. The van der Waals surface area contributed by atoms with E-state index >= 15 is 0 Å². The molecule has 0 aromatic carbocycles. The number of aromatic nitrogens is 1. The third kappa shape index (κ3) is 2.07. The van der Waals surface area contributed by atoms with Crippen molar-refractivity contribution >= 4 is 18.2 Å². The molecule has 0 N–H and O–H groups in total. The Morgan fingerprint density at radius 1 is 1.67 bits per heavy atom. The van der Waals surface area contributed by atoms with Gasteiger partial charge in [-0.25, -0.2) is 4.98 Å². The SMILES string of the molecule is N#C/C=C/c1cccnc1SF. The minimum absolute atomic E-state index is 0.0741. The normalized spacial score (nSPS) is 10.0. The molecule has 0 bridgehead atoms. The van der Waals surface area contributed by atoms with E-state index in [4.69, 9.17) is 5.26 Å². The minimum atomic E-state index is 0.0741. The summed E-state index contributed by atoms with van der Waals surface area (Å²) in [5, 5.41) is 8.51. The molecule has 0 saturated carbocycles. The van der Waals surface area contributed by atoms with Crippen LogP contribution in [0.15, 0.2) is 29.4 Å². The lowest BCUT2D eigenvalue weighted by Crippen LogP contribution is -1.80. The molecular formula is C8H5FN2S. The van der Waals surface area contributed by atoms with Crippen molar-refractivity contribution in [2.75, 3.05) is 0 Å². The molecule has 1 aromatic heterocycles. The number of nitrogens with zero attached hydrogens (tertiary/aromatic N) is 2.